The number of para-hydroxylation sites is 1. The number of methoxy groups -OCH3 is 1. The zero-order chi connectivity index (χ0) is 11.8. The Morgan fingerprint density at radius 1 is 1.31 bits per heavy atom. The molecule has 0 spiro atoms. The molecule has 3 heteroatoms. The Labute approximate surface area is 96.4 Å². The van der Waals surface area contributed by atoms with E-state index < -0.39 is 6.10 Å². The summed E-state index contributed by atoms with van der Waals surface area (Å²) >= 11 is 0. The highest BCUT2D eigenvalue weighted by molar-refractivity contribution is 5.74. The summed E-state index contributed by atoms with van der Waals surface area (Å²) in [6, 6.07) is 9.34. The second kappa shape index (κ2) is 6.88. The van der Waals surface area contributed by atoms with Crippen molar-refractivity contribution in [3.8, 4) is 5.75 Å². The third kappa shape index (κ3) is 3.93. The van der Waals surface area contributed by atoms with E-state index in [1.54, 1.807) is 0 Å². The van der Waals surface area contributed by atoms with Gasteiger partial charge in [-0.15, -0.1) is 0 Å². The van der Waals surface area contributed by atoms with Crippen LogP contribution in [-0.4, -0.2) is 19.2 Å². The third-order valence-electron chi connectivity index (χ3n) is 2.31. The molecular weight excluding hydrogens is 204 g/mol. The van der Waals surface area contributed by atoms with Crippen LogP contribution in [0.4, 0.5) is 0 Å². The molecule has 0 aliphatic heterocycles. The van der Waals surface area contributed by atoms with Gasteiger partial charge in [-0.05, 0) is 25.0 Å². The van der Waals surface area contributed by atoms with Crippen LogP contribution >= 0.6 is 0 Å². The van der Waals surface area contributed by atoms with Crippen molar-refractivity contribution < 1.29 is 14.3 Å². The fourth-order valence-corrected chi connectivity index (χ4v) is 1.41. The molecule has 1 atom stereocenters. The van der Waals surface area contributed by atoms with Gasteiger partial charge in [0.1, 0.15) is 5.75 Å². The van der Waals surface area contributed by atoms with Gasteiger partial charge in [0, 0.05) is 0 Å². The summed E-state index contributed by atoms with van der Waals surface area (Å²) in [6.45, 7) is 2.08. The molecule has 1 aromatic rings. The van der Waals surface area contributed by atoms with E-state index in [-0.39, 0.29) is 5.97 Å². The maximum atomic E-state index is 11.5. The lowest BCUT2D eigenvalue weighted by Crippen LogP contribution is -2.28. The van der Waals surface area contributed by atoms with Crippen LogP contribution in [0, 0.1) is 0 Å². The van der Waals surface area contributed by atoms with Crippen LogP contribution in [0.5, 0.6) is 5.75 Å². The zero-order valence-electron chi connectivity index (χ0n) is 9.81. The highest BCUT2D eigenvalue weighted by atomic mass is 16.6. The quantitative estimate of drug-likeness (QED) is 0.694. The van der Waals surface area contributed by atoms with Gasteiger partial charge in [-0.1, -0.05) is 31.5 Å². The van der Waals surface area contributed by atoms with Crippen LogP contribution in [0.3, 0.4) is 0 Å². The monoisotopic (exact) mass is 222 g/mol. The summed E-state index contributed by atoms with van der Waals surface area (Å²) in [6.07, 6.45) is 2.18. The van der Waals surface area contributed by atoms with E-state index >= 15 is 0 Å². The van der Waals surface area contributed by atoms with Crippen LogP contribution in [-0.2, 0) is 9.53 Å². The van der Waals surface area contributed by atoms with Gasteiger partial charge in [0.25, 0.3) is 0 Å². The Bertz CT molecular complexity index is 308. The van der Waals surface area contributed by atoms with Crippen molar-refractivity contribution in [2.24, 2.45) is 0 Å². The van der Waals surface area contributed by atoms with E-state index in [2.05, 4.69) is 6.92 Å². The van der Waals surface area contributed by atoms with Crippen LogP contribution in [0.25, 0.3) is 0 Å². The first kappa shape index (κ1) is 12.6. The number of benzene rings is 1. The van der Waals surface area contributed by atoms with Gasteiger partial charge in [0.15, 0.2) is 6.10 Å². The average Bonchev–Trinajstić information content (AvgIpc) is 2.34. The molecule has 3 nitrogen and oxygen atoms in total. The fraction of sp³-hybridized carbons (Fsp3) is 0.462. The van der Waals surface area contributed by atoms with Gasteiger partial charge >= 0.3 is 5.97 Å². The Morgan fingerprint density at radius 3 is 2.56 bits per heavy atom. The molecule has 0 bridgehead atoms. The molecule has 0 fully saturated rings. The highest BCUT2D eigenvalue weighted by Crippen LogP contribution is 2.14. The van der Waals surface area contributed by atoms with Gasteiger partial charge in [-0.3, -0.25) is 0 Å². The number of rotatable bonds is 6. The highest BCUT2D eigenvalue weighted by Gasteiger charge is 2.20. The van der Waals surface area contributed by atoms with E-state index in [0.717, 1.165) is 12.8 Å². The molecule has 0 amide bonds. The van der Waals surface area contributed by atoms with Crippen molar-refractivity contribution in [2.75, 3.05) is 7.11 Å². The molecule has 0 saturated carbocycles. The van der Waals surface area contributed by atoms with Crippen LogP contribution < -0.4 is 4.74 Å². The second-order valence-corrected chi connectivity index (χ2v) is 3.58. The van der Waals surface area contributed by atoms with Gasteiger partial charge in [-0.25, -0.2) is 4.79 Å². The van der Waals surface area contributed by atoms with Gasteiger partial charge < -0.3 is 9.47 Å². The lowest BCUT2D eigenvalue weighted by atomic mass is 10.1. The van der Waals surface area contributed by atoms with Crippen molar-refractivity contribution in [1.29, 1.82) is 0 Å². The molecule has 0 heterocycles. The van der Waals surface area contributed by atoms with Crippen LogP contribution in [0.1, 0.15) is 26.2 Å². The molecule has 88 valence electrons. The molecule has 16 heavy (non-hydrogen) atoms. The Morgan fingerprint density at radius 2 is 2.00 bits per heavy atom. The minimum atomic E-state index is -0.493. The van der Waals surface area contributed by atoms with Gasteiger partial charge in [0.05, 0.1) is 7.11 Å². The number of hydrogen-bond acceptors (Lipinski definition) is 3. The summed E-state index contributed by atoms with van der Waals surface area (Å²) in [4.78, 5) is 11.5. The number of carbonyl (C=O) groups excluding carboxylic acids is 1. The summed E-state index contributed by atoms with van der Waals surface area (Å²) in [5.74, 6) is 0.395. The number of esters is 1. The molecule has 0 aromatic heterocycles. The Kier molecular flexibility index (Phi) is 5.40. The summed E-state index contributed by atoms with van der Waals surface area (Å²) in [7, 11) is 1.38. The summed E-state index contributed by atoms with van der Waals surface area (Å²) in [5.41, 5.74) is 0. The molecule has 0 aliphatic rings. The lowest BCUT2D eigenvalue weighted by molar-refractivity contribution is -0.149. The van der Waals surface area contributed by atoms with E-state index in [9.17, 15) is 4.79 Å². The first-order chi connectivity index (χ1) is 7.77. The molecule has 1 unspecified atom stereocenters. The smallest absolute Gasteiger partial charge is 0.347 e. The van der Waals surface area contributed by atoms with Crippen molar-refractivity contribution in [1.82, 2.24) is 0 Å². The Hall–Kier alpha value is -1.51. The second-order valence-electron chi connectivity index (χ2n) is 3.58. The molecule has 0 aliphatic carbocycles. The molecule has 0 N–H and O–H groups in total. The predicted molar refractivity (Wildman–Crippen MR) is 62.4 cm³/mol. The van der Waals surface area contributed by atoms with Gasteiger partial charge in [-0.2, -0.15) is 0 Å². The van der Waals surface area contributed by atoms with E-state index in [1.165, 1.54) is 7.11 Å². The van der Waals surface area contributed by atoms with Gasteiger partial charge in [0.2, 0.25) is 0 Å². The topological polar surface area (TPSA) is 35.5 Å². The number of carbonyl (C=O) groups is 1. The molecule has 1 rings (SSSR count). The van der Waals surface area contributed by atoms with Crippen LogP contribution in [0.2, 0.25) is 0 Å². The summed E-state index contributed by atoms with van der Waals surface area (Å²) < 4.78 is 10.3. The first-order valence-corrected chi connectivity index (χ1v) is 5.57. The predicted octanol–water partition coefficient (Wildman–Crippen LogP) is 2.80. The van der Waals surface area contributed by atoms with Crippen molar-refractivity contribution in [3.05, 3.63) is 30.3 Å². The lowest BCUT2D eigenvalue weighted by Gasteiger charge is -2.16. The number of hydrogen-bond donors (Lipinski definition) is 0. The maximum absolute atomic E-state index is 11.5. The van der Waals surface area contributed by atoms with Crippen molar-refractivity contribution in [2.45, 2.75) is 32.3 Å². The average molecular weight is 222 g/mol. The minimum Gasteiger partial charge on any atom is -0.479 e. The SMILES string of the molecule is CCCCC(Oc1ccccc1)C(=O)OC. The van der Waals surface area contributed by atoms with Crippen molar-refractivity contribution in [3.63, 3.8) is 0 Å². The first-order valence-electron chi connectivity index (χ1n) is 5.57. The molecular formula is C13H18O3. The molecule has 0 radical (unpaired) electrons. The zero-order valence-corrected chi connectivity index (χ0v) is 9.81. The van der Waals surface area contributed by atoms with E-state index in [0.29, 0.717) is 12.2 Å². The maximum Gasteiger partial charge on any atom is 0.347 e. The Balaban J connectivity index is 2.59. The van der Waals surface area contributed by atoms with Crippen molar-refractivity contribution >= 4 is 5.97 Å². The summed E-state index contributed by atoms with van der Waals surface area (Å²) in [5, 5.41) is 0. The van der Waals surface area contributed by atoms with E-state index in [4.69, 9.17) is 9.47 Å². The minimum absolute atomic E-state index is 0.308. The van der Waals surface area contributed by atoms with Crippen LogP contribution in [0.15, 0.2) is 30.3 Å². The number of unbranched alkanes of at least 4 members (excludes halogenated alkanes) is 1. The normalized spacial score (nSPS) is 11.9. The molecule has 1 aromatic carbocycles. The fourth-order valence-electron chi connectivity index (χ4n) is 1.41. The third-order valence-corrected chi connectivity index (χ3v) is 2.31. The molecule has 0 saturated heterocycles. The van der Waals surface area contributed by atoms with E-state index in [1.807, 2.05) is 30.3 Å². The largest absolute Gasteiger partial charge is 0.479 e. The number of ether oxygens (including phenoxy) is 2. The standard InChI is InChI=1S/C13H18O3/c1-3-4-10-12(13(14)15-2)16-11-8-6-5-7-9-11/h5-9,12H,3-4,10H2,1-2H3.